The van der Waals surface area contributed by atoms with E-state index in [-0.39, 0.29) is 17.1 Å². The van der Waals surface area contributed by atoms with Crippen molar-refractivity contribution in [3.05, 3.63) is 34.2 Å². The zero-order valence-corrected chi connectivity index (χ0v) is 10.7. The van der Waals surface area contributed by atoms with Gasteiger partial charge in [-0.25, -0.2) is 0 Å². The van der Waals surface area contributed by atoms with Gasteiger partial charge in [-0.1, -0.05) is 0 Å². The van der Waals surface area contributed by atoms with E-state index in [1.807, 2.05) is 6.92 Å². The Labute approximate surface area is 106 Å². The van der Waals surface area contributed by atoms with Gasteiger partial charge in [-0.3, -0.25) is 9.59 Å². The van der Waals surface area contributed by atoms with Gasteiger partial charge in [0.15, 0.2) is 0 Å². The molecule has 1 saturated heterocycles. The normalized spacial score (nSPS) is 23.0. The van der Waals surface area contributed by atoms with Gasteiger partial charge in [0, 0.05) is 38.0 Å². The van der Waals surface area contributed by atoms with E-state index < -0.39 is 0 Å². The van der Waals surface area contributed by atoms with Gasteiger partial charge < -0.3 is 14.6 Å². The van der Waals surface area contributed by atoms with Crippen LogP contribution in [0.25, 0.3) is 0 Å². The number of carbonyl (C=O) groups is 1. The van der Waals surface area contributed by atoms with Gasteiger partial charge >= 0.3 is 0 Å². The average Bonchev–Trinajstić information content (AvgIpc) is 2.77. The topological polar surface area (TPSA) is 60.3 Å². The Hall–Kier alpha value is -1.62. The lowest BCUT2D eigenvalue weighted by molar-refractivity contribution is 0.0206. The van der Waals surface area contributed by atoms with Crippen LogP contribution in [-0.4, -0.2) is 29.2 Å². The summed E-state index contributed by atoms with van der Waals surface area (Å²) in [6, 6.07) is 2.97. The molecule has 0 aliphatic carbocycles. The molecule has 1 unspecified atom stereocenters. The molecule has 0 saturated carbocycles. The molecule has 5 nitrogen and oxygen atoms in total. The molecule has 0 spiro atoms. The van der Waals surface area contributed by atoms with Crippen molar-refractivity contribution >= 4 is 5.91 Å². The van der Waals surface area contributed by atoms with Crippen molar-refractivity contribution < 1.29 is 9.53 Å². The predicted octanol–water partition coefficient (Wildman–Crippen LogP) is 0.684. The molecule has 18 heavy (non-hydrogen) atoms. The highest BCUT2D eigenvalue weighted by atomic mass is 16.5. The maximum atomic E-state index is 11.9. The van der Waals surface area contributed by atoms with Gasteiger partial charge in [0.1, 0.15) is 0 Å². The van der Waals surface area contributed by atoms with Crippen molar-refractivity contribution in [3.8, 4) is 0 Å². The lowest BCUT2D eigenvalue weighted by Crippen LogP contribution is -2.40. The Morgan fingerprint density at radius 1 is 1.61 bits per heavy atom. The molecule has 5 heteroatoms. The van der Waals surface area contributed by atoms with Crippen LogP contribution in [0.4, 0.5) is 0 Å². The molecule has 0 aromatic carbocycles. The van der Waals surface area contributed by atoms with Crippen LogP contribution >= 0.6 is 0 Å². The summed E-state index contributed by atoms with van der Waals surface area (Å²) < 4.78 is 7.02. The smallest absolute Gasteiger partial charge is 0.251 e. The summed E-state index contributed by atoms with van der Waals surface area (Å²) in [4.78, 5) is 23.3. The van der Waals surface area contributed by atoms with Gasteiger partial charge in [0.05, 0.1) is 5.60 Å². The first-order chi connectivity index (χ1) is 8.50. The summed E-state index contributed by atoms with van der Waals surface area (Å²) >= 11 is 0. The molecular formula is C13H18N2O3. The number of rotatable bonds is 3. The van der Waals surface area contributed by atoms with Crippen LogP contribution < -0.4 is 10.9 Å². The summed E-state index contributed by atoms with van der Waals surface area (Å²) in [5.74, 6) is -0.232. The summed E-state index contributed by atoms with van der Waals surface area (Å²) in [5, 5.41) is 2.82. The first-order valence-electron chi connectivity index (χ1n) is 6.09. The summed E-state index contributed by atoms with van der Waals surface area (Å²) in [5.41, 5.74) is -0.0688. The lowest BCUT2D eigenvalue weighted by Gasteiger charge is -2.23. The predicted molar refractivity (Wildman–Crippen MR) is 67.6 cm³/mol. The summed E-state index contributed by atoms with van der Waals surface area (Å²) in [6.07, 6.45) is 3.56. The largest absolute Gasteiger partial charge is 0.373 e. The molecule has 1 aliphatic rings. The molecule has 2 rings (SSSR count). The van der Waals surface area contributed by atoms with Gasteiger partial charge in [-0.15, -0.1) is 0 Å². The number of pyridine rings is 1. The van der Waals surface area contributed by atoms with E-state index >= 15 is 0 Å². The molecule has 98 valence electrons. The van der Waals surface area contributed by atoms with Crippen molar-refractivity contribution in [1.29, 1.82) is 0 Å². The van der Waals surface area contributed by atoms with E-state index in [4.69, 9.17) is 4.74 Å². The molecule has 0 radical (unpaired) electrons. The highest BCUT2D eigenvalue weighted by Gasteiger charge is 2.30. The van der Waals surface area contributed by atoms with Crippen molar-refractivity contribution in [2.45, 2.75) is 25.4 Å². The zero-order chi connectivity index (χ0) is 13.2. The number of amides is 1. The summed E-state index contributed by atoms with van der Waals surface area (Å²) in [6.45, 7) is 3.21. The van der Waals surface area contributed by atoms with Gasteiger partial charge in [-0.2, -0.15) is 0 Å². The third kappa shape index (κ3) is 2.79. The SMILES string of the molecule is Cn1ccc(C(=O)NCC2(C)CCCO2)cc1=O. The Balaban J connectivity index is 1.99. The second-order valence-electron chi connectivity index (χ2n) is 4.95. The maximum absolute atomic E-state index is 11.9. The monoisotopic (exact) mass is 250 g/mol. The minimum absolute atomic E-state index is 0.189. The molecule has 1 aromatic heterocycles. The minimum Gasteiger partial charge on any atom is -0.373 e. The first kappa shape index (κ1) is 12.8. The Kier molecular flexibility index (Phi) is 3.52. The molecule has 1 aromatic rings. The van der Waals surface area contributed by atoms with Crippen LogP contribution in [0.15, 0.2) is 23.1 Å². The fourth-order valence-corrected chi connectivity index (χ4v) is 2.04. The number of aryl methyl sites for hydroxylation is 1. The van der Waals surface area contributed by atoms with Crippen LogP contribution in [0.3, 0.4) is 0 Å². The first-order valence-corrected chi connectivity index (χ1v) is 6.09. The van der Waals surface area contributed by atoms with Gasteiger partial charge in [-0.05, 0) is 25.8 Å². The number of aromatic nitrogens is 1. The van der Waals surface area contributed by atoms with Crippen LogP contribution in [-0.2, 0) is 11.8 Å². The molecule has 1 aliphatic heterocycles. The second-order valence-corrected chi connectivity index (χ2v) is 4.95. The van der Waals surface area contributed by atoms with Gasteiger partial charge in [0.25, 0.3) is 11.5 Å². The molecule has 1 amide bonds. The zero-order valence-electron chi connectivity index (χ0n) is 10.7. The molecule has 0 bridgehead atoms. The van der Waals surface area contributed by atoms with Crippen LogP contribution in [0.5, 0.6) is 0 Å². The van der Waals surface area contributed by atoms with Crippen molar-refractivity contribution in [1.82, 2.24) is 9.88 Å². The molecule has 1 fully saturated rings. The number of hydrogen-bond acceptors (Lipinski definition) is 3. The van der Waals surface area contributed by atoms with Gasteiger partial charge in [0.2, 0.25) is 0 Å². The molecular weight excluding hydrogens is 232 g/mol. The third-order valence-corrected chi connectivity index (χ3v) is 3.29. The van der Waals surface area contributed by atoms with E-state index in [1.165, 1.54) is 10.6 Å². The number of carbonyl (C=O) groups excluding carboxylic acids is 1. The average molecular weight is 250 g/mol. The minimum atomic E-state index is -0.268. The third-order valence-electron chi connectivity index (χ3n) is 3.29. The maximum Gasteiger partial charge on any atom is 0.251 e. The Bertz CT molecular complexity index is 501. The van der Waals surface area contributed by atoms with E-state index in [9.17, 15) is 9.59 Å². The van der Waals surface area contributed by atoms with E-state index in [2.05, 4.69) is 5.32 Å². The van der Waals surface area contributed by atoms with Crippen LogP contribution in [0.1, 0.15) is 30.1 Å². The quantitative estimate of drug-likeness (QED) is 0.858. The van der Waals surface area contributed by atoms with Crippen molar-refractivity contribution in [2.24, 2.45) is 7.05 Å². The number of nitrogens with one attached hydrogen (secondary N) is 1. The number of nitrogens with zero attached hydrogens (tertiary/aromatic N) is 1. The Morgan fingerprint density at radius 2 is 2.39 bits per heavy atom. The lowest BCUT2D eigenvalue weighted by atomic mass is 10.0. The molecule has 2 heterocycles. The highest BCUT2D eigenvalue weighted by molar-refractivity contribution is 5.94. The second kappa shape index (κ2) is 4.94. The van der Waals surface area contributed by atoms with E-state index in [0.717, 1.165) is 19.4 Å². The van der Waals surface area contributed by atoms with Crippen LogP contribution in [0.2, 0.25) is 0 Å². The van der Waals surface area contributed by atoms with Crippen LogP contribution in [0, 0.1) is 0 Å². The standard InChI is InChI=1S/C13H18N2O3/c1-13(5-3-7-18-13)9-14-12(17)10-4-6-15(2)11(16)8-10/h4,6,8H,3,5,7,9H2,1-2H3,(H,14,17). The summed E-state index contributed by atoms with van der Waals surface area (Å²) in [7, 11) is 1.65. The van der Waals surface area contributed by atoms with Crippen molar-refractivity contribution in [3.63, 3.8) is 0 Å². The molecule has 1 N–H and O–H groups in total. The number of hydrogen-bond donors (Lipinski definition) is 1. The van der Waals surface area contributed by atoms with Crippen molar-refractivity contribution in [2.75, 3.05) is 13.2 Å². The fourth-order valence-electron chi connectivity index (χ4n) is 2.04. The molecule has 1 atom stereocenters. The van der Waals surface area contributed by atoms with E-state index in [0.29, 0.717) is 12.1 Å². The fraction of sp³-hybridized carbons (Fsp3) is 0.538. The van der Waals surface area contributed by atoms with E-state index in [1.54, 1.807) is 19.3 Å². The highest BCUT2D eigenvalue weighted by Crippen LogP contribution is 2.23. The number of ether oxygens (including phenoxy) is 1. The Morgan fingerprint density at radius 3 is 3.00 bits per heavy atom.